The molecular formula is C17H18ClN3O4. The van der Waals surface area contributed by atoms with Crippen molar-refractivity contribution in [2.75, 3.05) is 20.3 Å². The molecule has 0 aliphatic heterocycles. The van der Waals surface area contributed by atoms with Crippen molar-refractivity contribution >= 4 is 23.8 Å². The third kappa shape index (κ3) is 5.89. The number of hydrogen-bond donors (Lipinski definition) is 2. The van der Waals surface area contributed by atoms with E-state index >= 15 is 0 Å². The number of nitrogens with zero attached hydrogens (tertiary/aromatic N) is 1. The molecule has 0 fully saturated rings. The van der Waals surface area contributed by atoms with Gasteiger partial charge in [0.25, 0.3) is 0 Å². The van der Waals surface area contributed by atoms with E-state index in [2.05, 4.69) is 10.5 Å². The van der Waals surface area contributed by atoms with Gasteiger partial charge in [-0.25, -0.2) is 10.2 Å². The van der Waals surface area contributed by atoms with Crippen molar-refractivity contribution in [2.45, 2.75) is 0 Å². The average Bonchev–Trinajstić information content (AvgIpc) is 2.60. The molecule has 2 rings (SSSR count). The maximum atomic E-state index is 10.6. The number of urea groups is 1. The molecule has 2 aromatic carbocycles. The summed E-state index contributed by atoms with van der Waals surface area (Å²) < 4.78 is 16.5. The van der Waals surface area contributed by atoms with Gasteiger partial charge in [0.15, 0.2) is 11.5 Å². The first-order valence-corrected chi connectivity index (χ1v) is 7.74. The van der Waals surface area contributed by atoms with Gasteiger partial charge in [-0.15, -0.1) is 0 Å². The summed E-state index contributed by atoms with van der Waals surface area (Å²) in [4.78, 5) is 10.6. The van der Waals surface area contributed by atoms with Crippen LogP contribution in [0.3, 0.4) is 0 Å². The number of benzene rings is 2. The SMILES string of the molecule is COc1cc(C=NNC(N)=O)cc(Cl)c1OCCOc1ccccc1. The van der Waals surface area contributed by atoms with Gasteiger partial charge >= 0.3 is 6.03 Å². The molecule has 25 heavy (non-hydrogen) atoms. The van der Waals surface area contributed by atoms with Crippen LogP contribution in [0.1, 0.15) is 5.56 Å². The molecule has 0 bridgehead atoms. The van der Waals surface area contributed by atoms with E-state index < -0.39 is 6.03 Å². The van der Waals surface area contributed by atoms with Gasteiger partial charge in [0.1, 0.15) is 19.0 Å². The minimum atomic E-state index is -0.757. The number of halogens is 1. The van der Waals surface area contributed by atoms with E-state index in [0.717, 1.165) is 5.75 Å². The molecule has 0 atom stereocenters. The number of nitrogens with one attached hydrogen (secondary N) is 1. The zero-order valence-electron chi connectivity index (χ0n) is 13.6. The number of methoxy groups -OCH3 is 1. The van der Waals surface area contributed by atoms with Crippen LogP contribution < -0.4 is 25.4 Å². The molecule has 0 unspecified atom stereocenters. The molecule has 7 nitrogen and oxygen atoms in total. The Bertz CT molecular complexity index is 738. The van der Waals surface area contributed by atoms with Crippen LogP contribution >= 0.6 is 11.6 Å². The maximum absolute atomic E-state index is 10.6. The van der Waals surface area contributed by atoms with E-state index in [9.17, 15) is 4.79 Å². The van der Waals surface area contributed by atoms with Crippen LogP contribution in [0, 0.1) is 0 Å². The van der Waals surface area contributed by atoms with E-state index in [1.54, 1.807) is 12.1 Å². The molecule has 3 N–H and O–H groups in total. The Morgan fingerprint density at radius 3 is 2.64 bits per heavy atom. The van der Waals surface area contributed by atoms with Crippen LogP contribution in [0.15, 0.2) is 47.6 Å². The number of para-hydroxylation sites is 1. The quantitative estimate of drug-likeness (QED) is 0.428. The Labute approximate surface area is 150 Å². The number of rotatable bonds is 8. The van der Waals surface area contributed by atoms with Crippen LogP contribution in [-0.4, -0.2) is 32.6 Å². The summed E-state index contributed by atoms with van der Waals surface area (Å²) >= 11 is 6.23. The molecule has 2 amide bonds. The van der Waals surface area contributed by atoms with Gasteiger partial charge in [0.2, 0.25) is 0 Å². The largest absolute Gasteiger partial charge is 0.493 e. The number of ether oxygens (including phenoxy) is 3. The molecule has 0 radical (unpaired) electrons. The number of amides is 2. The summed E-state index contributed by atoms with van der Waals surface area (Å²) in [5.41, 5.74) is 7.64. The highest BCUT2D eigenvalue weighted by Gasteiger charge is 2.11. The maximum Gasteiger partial charge on any atom is 0.332 e. The monoisotopic (exact) mass is 363 g/mol. The lowest BCUT2D eigenvalue weighted by atomic mass is 10.2. The summed E-state index contributed by atoms with van der Waals surface area (Å²) in [5.74, 6) is 1.60. The summed E-state index contributed by atoms with van der Waals surface area (Å²) in [6.45, 7) is 0.650. The van der Waals surface area contributed by atoms with Crippen LogP contribution in [0.5, 0.6) is 17.2 Å². The lowest BCUT2D eigenvalue weighted by molar-refractivity contribution is 0.211. The Balaban J connectivity index is 1.97. The smallest absolute Gasteiger partial charge is 0.332 e. The van der Waals surface area contributed by atoms with E-state index in [1.807, 2.05) is 30.3 Å². The number of carbonyl (C=O) groups is 1. The minimum Gasteiger partial charge on any atom is -0.493 e. The topological polar surface area (TPSA) is 95.2 Å². The van der Waals surface area contributed by atoms with Crippen molar-refractivity contribution in [3.8, 4) is 17.2 Å². The second-order valence-corrected chi connectivity index (χ2v) is 5.19. The van der Waals surface area contributed by atoms with E-state index in [-0.39, 0.29) is 0 Å². The first-order chi connectivity index (χ1) is 12.1. The predicted octanol–water partition coefficient (Wildman–Crippen LogP) is 2.81. The van der Waals surface area contributed by atoms with Crippen LogP contribution in [0.25, 0.3) is 0 Å². The molecule has 0 heterocycles. The van der Waals surface area contributed by atoms with Gasteiger partial charge in [0.05, 0.1) is 18.3 Å². The van der Waals surface area contributed by atoms with Gasteiger partial charge in [-0.05, 0) is 29.8 Å². The Kier molecular flexibility index (Phi) is 6.91. The van der Waals surface area contributed by atoms with Crippen molar-refractivity contribution in [1.82, 2.24) is 5.43 Å². The second kappa shape index (κ2) is 9.39. The Morgan fingerprint density at radius 1 is 1.24 bits per heavy atom. The van der Waals surface area contributed by atoms with E-state index in [1.165, 1.54) is 13.3 Å². The highest BCUT2D eigenvalue weighted by atomic mass is 35.5. The molecule has 0 aromatic heterocycles. The van der Waals surface area contributed by atoms with Crippen molar-refractivity contribution in [1.29, 1.82) is 0 Å². The lowest BCUT2D eigenvalue weighted by Crippen LogP contribution is -2.24. The van der Waals surface area contributed by atoms with Gasteiger partial charge in [-0.3, -0.25) is 0 Å². The zero-order valence-corrected chi connectivity index (χ0v) is 14.3. The van der Waals surface area contributed by atoms with Gasteiger partial charge < -0.3 is 19.9 Å². The lowest BCUT2D eigenvalue weighted by Gasteiger charge is -2.13. The number of nitrogens with two attached hydrogens (primary N) is 1. The standard InChI is InChI=1S/C17H18ClN3O4/c1-23-15-10-12(11-20-21-17(19)22)9-14(18)16(15)25-8-7-24-13-5-3-2-4-6-13/h2-6,9-11H,7-8H2,1H3,(H3,19,21,22). The summed E-state index contributed by atoms with van der Waals surface area (Å²) in [7, 11) is 1.50. The fourth-order valence-electron chi connectivity index (χ4n) is 1.94. The zero-order chi connectivity index (χ0) is 18.1. The summed E-state index contributed by atoms with van der Waals surface area (Å²) in [6.07, 6.45) is 1.39. The first-order valence-electron chi connectivity index (χ1n) is 7.37. The number of carbonyl (C=O) groups excluding carboxylic acids is 1. The Morgan fingerprint density at radius 2 is 1.96 bits per heavy atom. The molecule has 8 heteroatoms. The predicted molar refractivity (Wildman–Crippen MR) is 95.7 cm³/mol. The summed E-state index contributed by atoms with van der Waals surface area (Å²) in [6, 6.07) is 12.0. The van der Waals surface area contributed by atoms with Crippen molar-refractivity contribution in [3.63, 3.8) is 0 Å². The van der Waals surface area contributed by atoms with Crippen molar-refractivity contribution in [2.24, 2.45) is 10.8 Å². The highest BCUT2D eigenvalue weighted by Crippen LogP contribution is 2.36. The molecule has 0 saturated carbocycles. The number of hydrazone groups is 1. The van der Waals surface area contributed by atoms with Gasteiger partial charge in [-0.1, -0.05) is 29.8 Å². The molecule has 0 aliphatic carbocycles. The van der Waals surface area contributed by atoms with E-state index in [4.69, 9.17) is 31.5 Å². The highest BCUT2D eigenvalue weighted by molar-refractivity contribution is 6.32. The molecule has 0 spiro atoms. The first kappa shape index (κ1) is 18.4. The normalized spacial score (nSPS) is 10.5. The number of primary amides is 1. The van der Waals surface area contributed by atoms with Crippen molar-refractivity contribution < 1.29 is 19.0 Å². The minimum absolute atomic E-state index is 0.293. The summed E-state index contributed by atoms with van der Waals surface area (Å²) in [5, 5.41) is 4.02. The second-order valence-electron chi connectivity index (χ2n) is 4.78. The fourth-order valence-corrected chi connectivity index (χ4v) is 2.22. The number of hydrogen-bond acceptors (Lipinski definition) is 5. The van der Waals surface area contributed by atoms with Crippen molar-refractivity contribution in [3.05, 3.63) is 53.1 Å². The fraction of sp³-hybridized carbons (Fsp3) is 0.176. The third-order valence-electron chi connectivity index (χ3n) is 2.98. The Hall–Kier alpha value is -2.93. The molecule has 2 aromatic rings. The van der Waals surface area contributed by atoms with Crippen LogP contribution in [0.4, 0.5) is 4.79 Å². The van der Waals surface area contributed by atoms with Gasteiger partial charge in [0, 0.05) is 0 Å². The van der Waals surface area contributed by atoms with Crippen LogP contribution in [-0.2, 0) is 0 Å². The molecule has 0 saturated heterocycles. The van der Waals surface area contributed by atoms with Crippen LogP contribution in [0.2, 0.25) is 5.02 Å². The van der Waals surface area contributed by atoms with E-state index in [0.29, 0.717) is 35.3 Å². The molecular weight excluding hydrogens is 346 g/mol. The third-order valence-corrected chi connectivity index (χ3v) is 3.26. The van der Waals surface area contributed by atoms with Gasteiger partial charge in [-0.2, -0.15) is 5.10 Å². The molecule has 132 valence electrons. The molecule has 0 aliphatic rings. The average molecular weight is 364 g/mol.